The van der Waals surface area contributed by atoms with Crippen LogP contribution < -0.4 is 11.2 Å². The third-order valence-electron chi connectivity index (χ3n) is 4.23. The van der Waals surface area contributed by atoms with E-state index in [1.165, 1.54) is 12.5 Å². The molecule has 7 nitrogen and oxygen atoms in total. The average molecular weight is 402 g/mol. The molecule has 146 valence electrons. The first kappa shape index (κ1) is 19.7. The Labute approximate surface area is 166 Å². The SMILES string of the molecule is CCCCn1c(=O)c(C=Nc2ccc(Cl)cc2)c(O)n(Cc2ccco2)c1=O. The second-order valence-corrected chi connectivity index (χ2v) is 6.67. The van der Waals surface area contributed by atoms with Gasteiger partial charge in [0.15, 0.2) is 0 Å². The summed E-state index contributed by atoms with van der Waals surface area (Å²) in [6.45, 7) is 2.23. The van der Waals surface area contributed by atoms with Gasteiger partial charge in [0.25, 0.3) is 5.56 Å². The zero-order chi connectivity index (χ0) is 20.1. The molecule has 8 heteroatoms. The van der Waals surface area contributed by atoms with Crippen LogP contribution >= 0.6 is 11.6 Å². The Hall–Kier alpha value is -3.06. The van der Waals surface area contributed by atoms with E-state index in [1.807, 2.05) is 6.92 Å². The second kappa shape index (κ2) is 8.75. The monoisotopic (exact) mass is 401 g/mol. The van der Waals surface area contributed by atoms with Crippen molar-refractivity contribution >= 4 is 23.5 Å². The molecule has 0 radical (unpaired) electrons. The van der Waals surface area contributed by atoms with E-state index in [1.54, 1.807) is 36.4 Å². The summed E-state index contributed by atoms with van der Waals surface area (Å²) < 4.78 is 7.51. The van der Waals surface area contributed by atoms with Crippen molar-refractivity contribution in [1.29, 1.82) is 0 Å². The smallest absolute Gasteiger partial charge is 0.334 e. The molecule has 0 spiro atoms. The van der Waals surface area contributed by atoms with Crippen molar-refractivity contribution in [1.82, 2.24) is 9.13 Å². The molecular weight excluding hydrogens is 382 g/mol. The fourth-order valence-corrected chi connectivity index (χ4v) is 2.83. The van der Waals surface area contributed by atoms with Crippen LogP contribution in [0.4, 0.5) is 5.69 Å². The zero-order valence-corrected chi connectivity index (χ0v) is 16.1. The predicted octanol–water partition coefficient (Wildman–Crippen LogP) is 3.56. The molecular formula is C20H20ClN3O4. The molecule has 28 heavy (non-hydrogen) atoms. The molecule has 2 heterocycles. The Morgan fingerprint density at radius 2 is 1.93 bits per heavy atom. The Balaban J connectivity index is 2.10. The van der Waals surface area contributed by atoms with Gasteiger partial charge in [-0.25, -0.2) is 4.79 Å². The average Bonchev–Trinajstić information content (AvgIpc) is 3.20. The van der Waals surface area contributed by atoms with E-state index in [9.17, 15) is 14.7 Å². The molecule has 0 amide bonds. The normalized spacial score (nSPS) is 11.4. The third-order valence-corrected chi connectivity index (χ3v) is 4.48. The molecule has 1 N–H and O–H groups in total. The van der Waals surface area contributed by atoms with Gasteiger partial charge in [0.2, 0.25) is 5.88 Å². The lowest BCUT2D eigenvalue weighted by Crippen LogP contribution is -2.41. The number of furan rings is 1. The van der Waals surface area contributed by atoms with Gasteiger partial charge in [-0.3, -0.25) is 18.9 Å². The molecule has 0 aliphatic carbocycles. The minimum absolute atomic E-state index is 0.00581. The predicted molar refractivity (Wildman–Crippen MR) is 108 cm³/mol. The van der Waals surface area contributed by atoms with E-state index in [-0.39, 0.29) is 18.7 Å². The molecule has 0 bridgehead atoms. The number of hydrogen-bond acceptors (Lipinski definition) is 5. The van der Waals surface area contributed by atoms with Crippen LogP contribution in [-0.4, -0.2) is 20.5 Å². The van der Waals surface area contributed by atoms with Crippen LogP contribution in [0.5, 0.6) is 5.88 Å². The van der Waals surface area contributed by atoms with Gasteiger partial charge in [-0.2, -0.15) is 0 Å². The van der Waals surface area contributed by atoms with E-state index in [0.717, 1.165) is 15.6 Å². The summed E-state index contributed by atoms with van der Waals surface area (Å²) in [5, 5.41) is 11.2. The lowest BCUT2D eigenvalue weighted by atomic mass is 10.3. The molecule has 3 aromatic rings. The standard InChI is InChI=1S/C20H20ClN3O4/c1-2-3-10-23-18(25)17(12-22-15-8-6-14(21)7-9-15)19(26)24(20(23)27)13-16-5-4-11-28-16/h4-9,11-12,26H,2-3,10,13H2,1H3. The quantitative estimate of drug-likeness (QED) is 0.613. The van der Waals surface area contributed by atoms with Crippen LogP contribution in [0.15, 0.2) is 61.7 Å². The van der Waals surface area contributed by atoms with Gasteiger partial charge in [0.05, 0.1) is 18.5 Å². The topological polar surface area (TPSA) is 89.7 Å². The van der Waals surface area contributed by atoms with Crippen LogP contribution in [0, 0.1) is 0 Å². The summed E-state index contributed by atoms with van der Waals surface area (Å²) in [7, 11) is 0. The van der Waals surface area contributed by atoms with Crippen LogP contribution in [0.1, 0.15) is 31.1 Å². The molecule has 0 saturated heterocycles. The van der Waals surface area contributed by atoms with Gasteiger partial charge >= 0.3 is 5.69 Å². The maximum atomic E-state index is 12.8. The molecule has 2 aromatic heterocycles. The highest BCUT2D eigenvalue weighted by atomic mass is 35.5. The van der Waals surface area contributed by atoms with Crippen molar-refractivity contribution in [2.24, 2.45) is 4.99 Å². The number of nitrogens with zero attached hydrogens (tertiary/aromatic N) is 3. The summed E-state index contributed by atoms with van der Waals surface area (Å²) in [6, 6.07) is 10.1. The highest BCUT2D eigenvalue weighted by Crippen LogP contribution is 2.17. The van der Waals surface area contributed by atoms with Crippen LogP contribution in [0.3, 0.4) is 0 Å². The number of unbranched alkanes of at least 4 members (excludes halogenated alkanes) is 1. The Bertz CT molecular complexity index is 1080. The molecule has 3 rings (SSSR count). The van der Waals surface area contributed by atoms with Crippen molar-refractivity contribution in [2.75, 3.05) is 0 Å². The van der Waals surface area contributed by atoms with Gasteiger partial charge in [-0.1, -0.05) is 24.9 Å². The van der Waals surface area contributed by atoms with Crippen molar-refractivity contribution in [3.8, 4) is 5.88 Å². The van der Waals surface area contributed by atoms with E-state index < -0.39 is 17.1 Å². The fourth-order valence-electron chi connectivity index (χ4n) is 2.70. The van der Waals surface area contributed by atoms with Crippen molar-refractivity contribution in [3.63, 3.8) is 0 Å². The third kappa shape index (κ3) is 4.26. The lowest BCUT2D eigenvalue weighted by molar-refractivity contribution is 0.380. The van der Waals surface area contributed by atoms with E-state index >= 15 is 0 Å². The van der Waals surface area contributed by atoms with Crippen LogP contribution in [0.2, 0.25) is 5.02 Å². The Morgan fingerprint density at radius 3 is 2.57 bits per heavy atom. The maximum Gasteiger partial charge on any atom is 0.334 e. The number of benzene rings is 1. The minimum atomic E-state index is -0.587. The summed E-state index contributed by atoms with van der Waals surface area (Å²) >= 11 is 5.86. The van der Waals surface area contributed by atoms with Crippen LogP contribution in [-0.2, 0) is 13.1 Å². The van der Waals surface area contributed by atoms with Crippen molar-refractivity contribution in [3.05, 3.63) is 79.8 Å². The molecule has 0 unspecified atom stereocenters. The fraction of sp³-hybridized carbons (Fsp3) is 0.250. The summed E-state index contributed by atoms with van der Waals surface area (Å²) in [5.41, 5.74) is -0.662. The van der Waals surface area contributed by atoms with Gasteiger partial charge in [-0.15, -0.1) is 0 Å². The zero-order valence-electron chi connectivity index (χ0n) is 15.3. The van der Waals surface area contributed by atoms with Crippen molar-refractivity contribution in [2.45, 2.75) is 32.9 Å². The number of aromatic nitrogens is 2. The van der Waals surface area contributed by atoms with Gasteiger partial charge in [0.1, 0.15) is 11.3 Å². The van der Waals surface area contributed by atoms with Gasteiger partial charge in [0, 0.05) is 17.8 Å². The summed E-state index contributed by atoms with van der Waals surface area (Å²) in [5.74, 6) is 0.0375. The number of hydrogen-bond donors (Lipinski definition) is 1. The van der Waals surface area contributed by atoms with E-state index in [4.69, 9.17) is 16.0 Å². The van der Waals surface area contributed by atoms with Crippen molar-refractivity contribution < 1.29 is 9.52 Å². The molecule has 0 fully saturated rings. The van der Waals surface area contributed by atoms with E-state index in [2.05, 4.69) is 4.99 Å². The summed E-state index contributed by atoms with van der Waals surface area (Å²) in [4.78, 5) is 29.8. The highest BCUT2D eigenvalue weighted by molar-refractivity contribution is 6.30. The number of aromatic hydroxyl groups is 1. The minimum Gasteiger partial charge on any atom is -0.494 e. The molecule has 1 aromatic carbocycles. The maximum absolute atomic E-state index is 12.8. The Kier molecular flexibility index (Phi) is 6.16. The Morgan fingerprint density at radius 1 is 1.18 bits per heavy atom. The highest BCUT2D eigenvalue weighted by Gasteiger charge is 2.18. The van der Waals surface area contributed by atoms with Crippen LogP contribution in [0.25, 0.3) is 0 Å². The second-order valence-electron chi connectivity index (χ2n) is 6.23. The molecule has 0 aliphatic heterocycles. The lowest BCUT2D eigenvalue weighted by Gasteiger charge is -2.13. The molecule has 0 atom stereocenters. The molecule has 0 aliphatic rings. The molecule has 0 saturated carbocycles. The first-order chi connectivity index (χ1) is 13.5. The first-order valence-electron chi connectivity index (χ1n) is 8.90. The van der Waals surface area contributed by atoms with Gasteiger partial charge < -0.3 is 9.52 Å². The van der Waals surface area contributed by atoms with Gasteiger partial charge in [-0.05, 0) is 42.8 Å². The number of halogens is 1. The number of rotatable bonds is 7. The summed E-state index contributed by atoms with van der Waals surface area (Å²) in [6.07, 6.45) is 4.22. The number of aliphatic imine (C=N–C) groups is 1. The van der Waals surface area contributed by atoms with E-state index in [0.29, 0.717) is 22.9 Å². The largest absolute Gasteiger partial charge is 0.494 e. The first-order valence-corrected chi connectivity index (χ1v) is 9.27.